The average Bonchev–Trinajstić information content (AvgIpc) is 2.84. The Morgan fingerprint density at radius 2 is 2.26 bits per heavy atom. The molecule has 0 bridgehead atoms. The molecule has 4 nitrogen and oxygen atoms in total. The van der Waals surface area contributed by atoms with Crippen molar-refractivity contribution in [3.8, 4) is 0 Å². The van der Waals surface area contributed by atoms with Crippen molar-refractivity contribution >= 4 is 0 Å². The summed E-state index contributed by atoms with van der Waals surface area (Å²) in [5.41, 5.74) is 4.18. The summed E-state index contributed by atoms with van der Waals surface area (Å²) in [5.74, 6) is 7.31. The van der Waals surface area contributed by atoms with E-state index in [4.69, 9.17) is 5.84 Å². The number of hydrogen-bond donors (Lipinski definition) is 2. The molecule has 1 aromatic heterocycles. The van der Waals surface area contributed by atoms with Crippen LogP contribution in [0.1, 0.15) is 58.2 Å². The summed E-state index contributed by atoms with van der Waals surface area (Å²) in [7, 11) is 0. The first kappa shape index (κ1) is 14.5. The fourth-order valence-electron chi connectivity index (χ4n) is 3.21. The molecule has 0 aromatic carbocycles. The Morgan fingerprint density at radius 3 is 2.84 bits per heavy atom. The third kappa shape index (κ3) is 3.80. The molecule has 108 valence electrons. The van der Waals surface area contributed by atoms with E-state index in [1.807, 2.05) is 4.68 Å². The van der Waals surface area contributed by atoms with Crippen molar-refractivity contribution < 1.29 is 0 Å². The molecule has 1 aliphatic rings. The Hall–Kier alpha value is -0.870. The smallest absolute Gasteiger partial charge is 0.0640 e. The lowest BCUT2D eigenvalue weighted by Gasteiger charge is -2.32. The van der Waals surface area contributed by atoms with Crippen molar-refractivity contribution in [1.82, 2.24) is 15.2 Å². The van der Waals surface area contributed by atoms with Gasteiger partial charge in [-0.2, -0.15) is 5.10 Å². The molecule has 2 rings (SSSR count). The quantitative estimate of drug-likeness (QED) is 0.635. The Morgan fingerprint density at radius 1 is 1.47 bits per heavy atom. The zero-order valence-electron chi connectivity index (χ0n) is 12.5. The highest BCUT2D eigenvalue weighted by Crippen LogP contribution is 2.31. The van der Waals surface area contributed by atoms with Crippen LogP contribution in [0.2, 0.25) is 0 Å². The van der Waals surface area contributed by atoms with Gasteiger partial charge < -0.3 is 0 Å². The number of rotatable bonds is 5. The summed E-state index contributed by atoms with van der Waals surface area (Å²) in [5, 5.41) is 4.63. The molecule has 1 saturated carbocycles. The van der Waals surface area contributed by atoms with Gasteiger partial charge in [-0.15, -0.1) is 0 Å². The minimum atomic E-state index is 0.360. The highest BCUT2D eigenvalue weighted by molar-refractivity contribution is 5.03. The van der Waals surface area contributed by atoms with Gasteiger partial charge in [-0.05, 0) is 44.6 Å². The van der Waals surface area contributed by atoms with Crippen molar-refractivity contribution in [2.24, 2.45) is 17.7 Å². The van der Waals surface area contributed by atoms with Gasteiger partial charge in [0.2, 0.25) is 0 Å². The molecule has 0 aliphatic heterocycles. The fraction of sp³-hybridized carbons (Fsp3) is 0.800. The molecule has 1 fully saturated rings. The van der Waals surface area contributed by atoms with Gasteiger partial charge in [0, 0.05) is 24.7 Å². The molecule has 3 unspecified atom stereocenters. The Labute approximate surface area is 116 Å². The van der Waals surface area contributed by atoms with Gasteiger partial charge in [-0.3, -0.25) is 16.0 Å². The second-order valence-electron chi connectivity index (χ2n) is 6.39. The van der Waals surface area contributed by atoms with Crippen molar-refractivity contribution in [3.63, 3.8) is 0 Å². The Balaban J connectivity index is 1.97. The van der Waals surface area contributed by atoms with E-state index in [1.54, 1.807) is 0 Å². The summed E-state index contributed by atoms with van der Waals surface area (Å²) in [6.45, 7) is 6.66. The lowest BCUT2D eigenvalue weighted by Crippen LogP contribution is -2.44. The lowest BCUT2D eigenvalue weighted by atomic mass is 9.77. The van der Waals surface area contributed by atoms with E-state index in [1.165, 1.54) is 25.7 Å². The van der Waals surface area contributed by atoms with Crippen LogP contribution in [-0.2, 0) is 6.42 Å². The monoisotopic (exact) mass is 264 g/mol. The average molecular weight is 264 g/mol. The van der Waals surface area contributed by atoms with Gasteiger partial charge in [-0.25, -0.2) is 0 Å². The summed E-state index contributed by atoms with van der Waals surface area (Å²) in [6.07, 6.45) is 8.30. The number of aromatic nitrogens is 2. The maximum absolute atomic E-state index is 5.78. The van der Waals surface area contributed by atoms with E-state index >= 15 is 0 Å². The van der Waals surface area contributed by atoms with E-state index in [-0.39, 0.29) is 0 Å². The van der Waals surface area contributed by atoms with Crippen molar-refractivity contribution in [2.45, 2.75) is 65.0 Å². The third-order valence-corrected chi connectivity index (χ3v) is 4.38. The highest BCUT2D eigenvalue weighted by atomic mass is 15.3. The van der Waals surface area contributed by atoms with Crippen LogP contribution in [0.5, 0.6) is 0 Å². The van der Waals surface area contributed by atoms with Crippen LogP contribution < -0.4 is 11.3 Å². The maximum atomic E-state index is 5.78. The van der Waals surface area contributed by atoms with Gasteiger partial charge in [0.15, 0.2) is 0 Å². The van der Waals surface area contributed by atoms with E-state index in [2.05, 4.69) is 43.6 Å². The molecule has 3 atom stereocenters. The van der Waals surface area contributed by atoms with Gasteiger partial charge in [0.25, 0.3) is 0 Å². The standard InChI is InChI=1S/C15H28N4/c1-11(2)19-8-7-14(18-19)10-15(17-16)13-6-4-5-12(3)9-13/h7-8,11-13,15,17H,4-6,9-10,16H2,1-3H3. The first-order chi connectivity index (χ1) is 9.10. The Bertz CT molecular complexity index is 385. The molecule has 0 amide bonds. The first-order valence-corrected chi connectivity index (χ1v) is 7.60. The summed E-state index contributed by atoms with van der Waals surface area (Å²) in [6, 6.07) is 2.90. The number of nitrogens with two attached hydrogens (primary N) is 1. The van der Waals surface area contributed by atoms with Crippen LogP contribution >= 0.6 is 0 Å². The number of hydrazine groups is 1. The minimum Gasteiger partial charge on any atom is -0.271 e. The maximum Gasteiger partial charge on any atom is 0.0640 e. The fourth-order valence-corrected chi connectivity index (χ4v) is 3.21. The SMILES string of the molecule is CC1CCCC(C(Cc2ccn(C(C)C)n2)NN)C1. The molecule has 1 heterocycles. The minimum absolute atomic E-state index is 0.360. The molecular weight excluding hydrogens is 236 g/mol. The van der Waals surface area contributed by atoms with Crippen LogP contribution in [0.15, 0.2) is 12.3 Å². The topological polar surface area (TPSA) is 55.9 Å². The van der Waals surface area contributed by atoms with Crippen molar-refractivity contribution in [2.75, 3.05) is 0 Å². The van der Waals surface area contributed by atoms with Crippen LogP contribution in [0.4, 0.5) is 0 Å². The molecule has 0 radical (unpaired) electrons. The van der Waals surface area contributed by atoms with E-state index in [0.29, 0.717) is 18.0 Å². The van der Waals surface area contributed by atoms with Crippen LogP contribution in [0.25, 0.3) is 0 Å². The zero-order valence-corrected chi connectivity index (χ0v) is 12.5. The Kier molecular flexibility index (Phi) is 4.99. The largest absolute Gasteiger partial charge is 0.271 e. The van der Waals surface area contributed by atoms with Crippen LogP contribution in [-0.4, -0.2) is 15.8 Å². The normalized spacial score (nSPS) is 25.7. The van der Waals surface area contributed by atoms with E-state index in [0.717, 1.165) is 18.0 Å². The predicted molar refractivity (Wildman–Crippen MR) is 78.5 cm³/mol. The van der Waals surface area contributed by atoms with Crippen LogP contribution in [0, 0.1) is 11.8 Å². The van der Waals surface area contributed by atoms with Gasteiger partial charge >= 0.3 is 0 Å². The van der Waals surface area contributed by atoms with Crippen molar-refractivity contribution in [3.05, 3.63) is 18.0 Å². The highest BCUT2D eigenvalue weighted by Gasteiger charge is 2.26. The summed E-state index contributed by atoms with van der Waals surface area (Å²) >= 11 is 0. The molecule has 0 spiro atoms. The van der Waals surface area contributed by atoms with Gasteiger partial charge in [0.1, 0.15) is 0 Å². The molecular formula is C15H28N4. The van der Waals surface area contributed by atoms with Crippen molar-refractivity contribution in [1.29, 1.82) is 0 Å². The second-order valence-corrected chi connectivity index (χ2v) is 6.39. The van der Waals surface area contributed by atoms with E-state index < -0.39 is 0 Å². The molecule has 0 saturated heterocycles. The summed E-state index contributed by atoms with van der Waals surface area (Å²) in [4.78, 5) is 0. The third-order valence-electron chi connectivity index (χ3n) is 4.38. The lowest BCUT2D eigenvalue weighted by molar-refractivity contribution is 0.221. The molecule has 19 heavy (non-hydrogen) atoms. The van der Waals surface area contributed by atoms with Gasteiger partial charge in [-0.1, -0.05) is 19.8 Å². The molecule has 1 aromatic rings. The zero-order chi connectivity index (χ0) is 13.8. The van der Waals surface area contributed by atoms with Crippen LogP contribution in [0.3, 0.4) is 0 Å². The molecule has 3 N–H and O–H groups in total. The van der Waals surface area contributed by atoms with Gasteiger partial charge in [0.05, 0.1) is 5.69 Å². The number of nitrogens with zero attached hydrogens (tertiary/aromatic N) is 2. The first-order valence-electron chi connectivity index (χ1n) is 7.60. The number of hydrogen-bond acceptors (Lipinski definition) is 3. The summed E-state index contributed by atoms with van der Waals surface area (Å²) < 4.78 is 2.02. The second kappa shape index (κ2) is 6.53. The number of nitrogens with one attached hydrogen (secondary N) is 1. The molecule has 1 aliphatic carbocycles. The molecule has 4 heteroatoms. The van der Waals surface area contributed by atoms with E-state index in [9.17, 15) is 0 Å². The predicted octanol–water partition coefficient (Wildman–Crippen LogP) is 2.66.